The number of hydrogen-bond acceptors (Lipinski definition) is 4. The molecule has 5 nitrogen and oxygen atoms in total. The van der Waals surface area contributed by atoms with E-state index in [9.17, 15) is 0 Å². The Balaban J connectivity index is 0.000000203. The molecular weight excluding hydrogens is 1050 g/mol. The maximum absolute atomic E-state index is 6.44. The van der Waals surface area contributed by atoms with Gasteiger partial charge in [-0.3, -0.25) is 4.98 Å². The van der Waals surface area contributed by atoms with Crippen LogP contribution in [0.4, 0.5) is 0 Å². The van der Waals surface area contributed by atoms with E-state index >= 15 is 0 Å². The Morgan fingerprint density at radius 2 is 1.32 bits per heavy atom. The Bertz CT molecular complexity index is 3290. The standard InChI is InChI=1S/C37H32N3O.C22H24GeN.Ir/c1-22(2)30-20-26(25-12-7-6-8-13-25)21-31(23(3)4)34(30)40-33-17-10-9-16-32(33)39-36(40)29-15-11-14-27-28-19-18-24(5)38-37(28)41-35(27)29;1-16-10-9-11-17(2)22(16)19-14-21(18-12-7-6-8-13-18)24-15-20(19)23(3,4)5;/h6-14,16-23H,1-5H3;6-12,14-15H,1-5H3;/q2*-1;. The van der Waals surface area contributed by atoms with Crippen molar-refractivity contribution in [2.45, 2.75) is 77.6 Å². The molecule has 0 N–H and O–H groups in total. The average Bonchev–Trinajstić information content (AvgIpc) is 3.87. The third-order valence-corrected chi connectivity index (χ3v) is 16.6. The number of imidazole rings is 1. The second kappa shape index (κ2) is 19.1. The number of pyridine rings is 2. The van der Waals surface area contributed by atoms with Crippen LogP contribution in [-0.2, 0) is 20.1 Å². The van der Waals surface area contributed by atoms with Gasteiger partial charge >= 0.3 is 148 Å². The van der Waals surface area contributed by atoms with Gasteiger partial charge in [-0.2, -0.15) is 0 Å². The third kappa shape index (κ3) is 8.99. The van der Waals surface area contributed by atoms with Crippen LogP contribution in [0.25, 0.3) is 83.7 Å². The Morgan fingerprint density at radius 3 is 1.98 bits per heavy atom. The van der Waals surface area contributed by atoms with Gasteiger partial charge in [0, 0.05) is 36.9 Å². The molecule has 0 saturated heterocycles. The molecule has 0 bridgehead atoms. The molecule has 0 amide bonds. The van der Waals surface area contributed by atoms with Gasteiger partial charge < -0.3 is 8.98 Å². The maximum atomic E-state index is 6.44. The van der Waals surface area contributed by atoms with Crippen LogP contribution in [0.3, 0.4) is 0 Å². The molecule has 0 spiro atoms. The van der Waals surface area contributed by atoms with Crippen molar-refractivity contribution in [3.63, 3.8) is 0 Å². The van der Waals surface area contributed by atoms with E-state index in [-0.39, 0.29) is 20.1 Å². The van der Waals surface area contributed by atoms with E-state index in [2.05, 4.69) is 190 Å². The summed E-state index contributed by atoms with van der Waals surface area (Å²) in [5.74, 6) is 8.70. The van der Waals surface area contributed by atoms with Crippen molar-refractivity contribution in [2.24, 2.45) is 0 Å². The van der Waals surface area contributed by atoms with Crippen molar-refractivity contribution in [1.82, 2.24) is 19.5 Å². The van der Waals surface area contributed by atoms with E-state index in [4.69, 9.17) is 14.4 Å². The van der Waals surface area contributed by atoms with E-state index in [0.717, 1.165) is 55.7 Å². The van der Waals surface area contributed by atoms with Crippen LogP contribution in [0, 0.1) is 32.9 Å². The van der Waals surface area contributed by atoms with Crippen molar-refractivity contribution in [2.75, 3.05) is 0 Å². The van der Waals surface area contributed by atoms with Crippen LogP contribution in [0.1, 0.15) is 67.5 Å². The van der Waals surface area contributed by atoms with Gasteiger partial charge in [0.25, 0.3) is 0 Å². The van der Waals surface area contributed by atoms with Crippen LogP contribution < -0.4 is 4.40 Å². The molecule has 7 heteroatoms. The number of furan rings is 1. The van der Waals surface area contributed by atoms with Crippen molar-refractivity contribution in [3.05, 3.63) is 186 Å². The molecule has 6 aromatic carbocycles. The van der Waals surface area contributed by atoms with Crippen LogP contribution in [-0.4, -0.2) is 32.8 Å². The van der Waals surface area contributed by atoms with Gasteiger partial charge in [0.05, 0.1) is 22.4 Å². The predicted octanol–water partition coefficient (Wildman–Crippen LogP) is 15.4. The first-order valence-corrected chi connectivity index (χ1v) is 30.1. The molecule has 0 saturated carbocycles. The van der Waals surface area contributed by atoms with Crippen LogP contribution in [0.5, 0.6) is 0 Å². The molecule has 0 unspecified atom stereocenters. The molecular formula is C59H56GeIrN4O-2. The van der Waals surface area contributed by atoms with Gasteiger partial charge in [-0.05, 0) is 77.4 Å². The van der Waals surface area contributed by atoms with Gasteiger partial charge in [-0.15, -0.1) is 18.2 Å². The summed E-state index contributed by atoms with van der Waals surface area (Å²) in [6.45, 7) is 15.5. The number of rotatable bonds is 8. The summed E-state index contributed by atoms with van der Waals surface area (Å²) in [4.78, 5) is 14.7. The van der Waals surface area contributed by atoms with Crippen molar-refractivity contribution < 1.29 is 24.5 Å². The van der Waals surface area contributed by atoms with Crippen LogP contribution >= 0.6 is 0 Å². The van der Waals surface area contributed by atoms with Gasteiger partial charge in [0.15, 0.2) is 0 Å². The van der Waals surface area contributed by atoms with E-state index in [1.165, 1.54) is 54.6 Å². The molecule has 333 valence electrons. The summed E-state index contributed by atoms with van der Waals surface area (Å²) in [5, 5.41) is 2.02. The molecule has 0 atom stereocenters. The first-order chi connectivity index (χ1) is 31.3. The monoisotopic (exact) mass is 1100 g/mol. The zero-order valence-electron chi connectivity index (χ0n) is 39.5. The molecule has 10 aromatic rings. The minimum absolute atomic E-state index is 0. The zero-order valence-corrected chi connectivity index (χ0v) is 44.0. The molecule has 0 aliphatic rings. The minimum Gasteiger partial charge on any atom is 0 e. The SMILES string of the molecule is Cc1ccc2c(n1)oc1c(-c3nc4ccccc4n3-c3c(C(C)C)cc(-c4ccccc4)cc3C(C)C)[c-]ccc12.Cc1cccc(C)c1-c1cc(-c2[c-]cccc2)nc[c]1[Ge]([CH3])([CH3])[CH3].[Ir]. The first-order valence-electron chi connectivity index (χ1n) is 22.7. The second-order valence-corrected chi connectivity index (χ2v) is 29.4. The summed E-state index contributed by atoms with van der Waals surface area (Å²) < 4.78 is 10.2. The van der Waals surface area contributed by atoms with Crippen LogP contribution in [0.15, 0.2) is 150 Å². The van der Waals surface area contributed by atoms with E-state index in [0.29, 0.717) is 17.5 Å². The number of fused-ring (bicyclic) bond motifs is 4. The summed E-state index contributed by atoms with van der Waals surface area (Å²) >= 11 is -2.04. The minimum atomic E-state index is -2.04. The van der Waals surface area contributed by atoms with Gasteiger partial charge in [0.1, 0.15) is 0 Å². The Labute approximate surface area is 406 Å². The number of nitrogens with zero attached hydrogens (tertiary/aromatic N) is 4. The average molecular weight is 1100 g/mol. The second-order valence-electron chi connectivity index (χ2n) is 18.8. The van der Waals surface area contributed by atoms with Gasteiger partial charge in [-0.25, -0.2) is 4.98 Å². The van der Waals surface area contributed by atoms with Gasteiger partial charge in [0.2, 0.25) is 5.71 Å². The Kier molecular flexibility index (Phi) is 13.5. The zero-order chi connectivity index (χ0) is 45.6. The summed E-state index contributed by atoms with van der Waals surface area (Å²) in [5.41, 5.74) is 18.8. The van der Waals surface area contributed by atoms with Crippen molar-refractivity contribution in [3.8, 4) is 50.6 Å². The summed E-state index contributed by atoms with van der Waals surface area (Å²) in [6, 6.07) is 55.6. The summed E-state index contributed by atoms with van der Waals surface area (Å²) in [7, 11) is 0. The molecule has 66 heavy (non-hydrogen) atoms. The molecule has 0 aliphatic heterocycles. The summed E-state index contributed by atoms with van der Waals surface area (Å²) in [6.07, 6.45) is 2.12. The quantitative estimate of drug-likeness (QED) is 0.112. The molecule has 4 heterocycles. The topological polar surface area (TPSA) is 56.7 Å². The van der Waals surface area contributed by atoms with Crippen LogP contribution in [0.2, 0.25) is 17.3 Å². The fraction of sp³-hybridized carbons (Fsp3) is 0.203. The van der Waals surface area contributed by atoms with E-state index in [1.54, 1.807) is 0 Å². The molecule has 4 aromatic heterocycles. The molecule has 0 fully saturated rings. The molecule has 1 radical (unpaired) electrons. The number of benzene rings is 6. The Morgan fingerprint density at radius 1 is 0.636 bits per heavy atom. The number of aromatic nitrogens is 4. The maximum Gasteiger partial charge on any atom is 0 e. The smallest absolute Gasteiger partial charge is 0 e. The number of hydrogen-bond donors (Lipinski definition) is 0. The number of para-hydroxylation sites is 2. The normalized spacial score (nSPS) is 11.6. The fourth-order valence-corrected chi connectivity index (χ4v) is 12.2. The van der Waals surface area contributed by atoms with E-state index in [1.807, 2.05) is 43.3 Å². The van der Waals surface area contributed by atoms with Gasteiger partial charge in [-0.1, -0.05) is 81.1 Å². The largest absolute Gasteiger partial charge is 0 e. The molecule has 0 aliphatic carbocycles. The third-order valence-electron chi connectivity index (χ3n) is 12.4. The van der Waals surface area contributed by atoms with Crippen molar-refractivity contribution >= 4 is 50.8 Å². The number of aryl methyl sites for hydroxylation is 3. The molecule has 10 rings (SSSR count). The van der Waals surface area contributed by atoms with E-state index < -0.39 is 13.3 Å². The predicted molar refractivity (Wildman–Crippen MR) is 275 cm³/mol. The van der Waals surface area contributed by atoms with Crippen molar-refractivity contribution in [1.29, 1.82) is 0 Å². The first kappa shape index (κ1) is 46.6. The Hall–Kier alpha value is -5.92. The fourth-order valence-electron chi connectivity index (χ4n) is 9.12.